The number of nitrogens with one attached hydrogen (secondary N) is 1. The molecule has 0 saturated heterocycles. The Morgan fingerprint density at radius 1 is 1.08 bits per heavy atom. The van der Waals surface area contributed by atoms with Gasteiger partial charge in [0.25, 0.3) is 16.0 Å². The molecule has 0 unspecified atom stereocenters. The first-order valence-corrected chi connectivity index (χ1v) is 9.50. The van der Waals surface area contributed by atoms with Gasteiger partial charge in [-0.3, -0.25) is 9.35 Å². The largest absolute Gasteiger partial charge is 0.480 e. The van der Waals surface area contributed by atoms with Crippen molar-refractivity contribution in [1.29, 1.82) is 0 Å². The van der Waals surface area contributed by atoms with Crippen LogP contribution in [0, 0.1) is 0 Å². The Morgan fingerprint density at radius 3 is 2.27 bits per heavy atom. The van der Waals surface area contributed by atoms with Crippen LogP contribution in [-0.2, 0) is 21.3 Å². The highest BCUT2D eigenvalue weighted by Gasteiger charge is 2.27. The van der Waals surface area contributed by atoms with Crippen LogP contribution in [-0.4, -0.2) is 41.7 Å². The molecule has 138 valence electrons. The predicted molar refractivity (Wildman–Crippen MR) is 96.6 cm³/mol. The maximum Gasteiger partial charge on any atom is 0.327 e. The number of rotatable bonds is 7. The molecule has 1 atom stereocenters. The van der Waals surface area contributed by atoms with Crippen molar-refractivity contribution in [2.45, 2.75) is 19.4 Å². The summed E-state index contributed by atoms with van der Waals surface area (Å²) in [5.41, 5.74) is 2.36. The van der Waals surface area contributed by atoms with Gasteiger partial charge in [0, 0.05) is 0 Å². The molecule has 0 bridgehead atoms. The zero-order valence-corrected chi connectivity index (χ0v) is 14.9. The minimum atomic E-state index is -4.57. The van der Waals surface area contributed by atoms with E-state index in [4.69, 9.17) is 9.66 Å². The van der Waals surface area contributed by atoms with Crippen LogP contribution in [0.25, 0.3) is 11.1 Å². The Balaban J connectivity index is 2.46. The van der Waals surface area contributed by atoms with Gasteiger partial charge < -0.3 is 10.4 Å². The van der Waals surface area contributed by atoms with E-state index < -0.39 is 33.8 Å². The topological polar surface area (TPSA) is 121 Å². The molecule has 3 N–H and O–H groups in total. The summed E-state index contributed by atoms with van der Waals surface area (Å²) in [5, 5.41) is 11.4. The minimum absolute atomic E-state index is 0.280. The van der Waals surface area contributed by atoms with E-state index in [0.29, 0.717) is 17.5 Å². The Morgan fingerprint density at radius 2 is 1.73 bits per heavy atom. The van der Waals surface area contributed by atoms with Crippen molar-refractivity contribution in [3.8, 4) is 11.1 Å². The molecule has 26 heavy (non-hydrogen) atoms. The first-order chi connectivity index (χ1) is 12.2. The lowest BCUT2D eigenvalue weighted by molar-refractivity contribution is -0.138. The van der Waals surface area contributed by atoms with Gasteiger partial charge in [-0.25, -0.2) is 4.79 Å². The van der Waals surface area contributed by atoms with Crippen LogP contribution in [0.5, 0.6) is 0 Å². The zero-order valence-electron chi connectivity index (χ0n) is 14.0. The van der Waals surface area contributed by atoms with E-state index >= 15 is 0 Å². The highest BCUT2D eigenvalue weighted by atomic mass is 32.2. The smallest absolute Gasteiger partial charge is 0.327 e. The van der Waals surface area contributed by atoms with Crippen LogP contribution in [0.3, 0.4) is 0 Å². The predicted octanol–water partition coefficient (Wildman–Crippen LogP) is 1.99. The number of carbonyl (C=O) groups is 2. The fraction of sp³-hybridized carbons (Fsp3) is 0.222. The van der Waals surface area contributed by atoms with Gasteiger partial charge in [-0.05, 0) is 23.1 Å². The number of carboxylic acid groups (broad SMARTS) is 1. The van der Waals surface area contributed by atoms with Crippen molar-refractivity contribution in [2.75, 3.05) is 5.75 Å². The first-order valence-electron chi connectivity index (χ1n) is 7.89. The average Bonchev–Trinajstić information content (AvgIpc) is 2.59. The SMILES string of the molecule is CCc1cccc(-c2ccccc2)c1C(=O)N[C@@H](CS(=O)(=O)O)C(=O)O. The lowest BCUT2D eigenvalue weighted by atomic mass is 9.93. The molecule has 0 saturated carbocycles. The summed E-state index contributed by atoms with van der Waals surface area (Å²) in [7, 11) is -4.57. The van der Waals surface area contributed by atoms with Gasteiger partial charge in [0.1, 0.15) is 11.8 Å². The van der Waals surface area contributed by atoms with E-state index in [0.717, 1.165) is 5.56 Å². The number of hydrogen-bond acceptors (Lipinski definition) is 4. The maximum atomic E-state index is 12.8. The van der Waals surface area contributed by atoms with Crippen molar-refractivity contribution < 1.29 is 27.7 Å². The molecular formula is C18H19NO6S. The number of benzene rings is 2. The molecule has 0 aromatic heterocycles. The van der Waals surface area contributed by atoms with Gasteiger partial charge in [0.2, 0.25) is 0 Å². The van der Waals surface area contributed by atoms with E-state index in [9.17, 15) is 18.0 Å². The minimum Gasteiger partial charge on any atom is -0.480 e. The van der Waals surface area contributed by atoms with Gasteiger partial charge in [-0.1, -0.05) is 55.5 Å². The van der Waals surface area contributed by atoms with Crippen LogP contribution >= 0.6 is 0 Å². The molecule has 0 fully saturated rings. The molecule has 0 aliphatic carbocycles. The van der Waals surface area contributed by atoms with Crippen LogP contribution in [0.2, 0.25) is 0 Å². The van der Waals surface area contributed by atoms with Crippen molar-refractivity contribution in [3.63, 3.8) is 0 Å². The lowest BCUT2D eigenvalue weighted by Crippen LogP contribution is -2.45. The molecule has 2 aromatic rings. The van der Waals surface area contributed by atoms with Gasteiger partial charge >= 0.3 is 5.97 Å². The Kier molecular flexibility index (Phi) is 6.12. The zero-order chi connectivity index (χ0) is 19.3. The molecular weight excluding hydrogens is 358 g/mol. The van der Waals surface area contributed by atoms with E-state index in [1.54, 1.807) is 18.2 Å². The first kappa shape index (κ1) is 19.6. The van der Waals surface area contributed by atoms with Crippen molar-refractivity contribution in [2.24, 2.45) is 0 Å². The summed E-state index contributed by atoms with van der Waals surface area (Å²) in [6.07, 6.45) is 0.527. The molecule has 8 heteroatoms. The summed E-state index contributed by atoms with van der Waals surface area (Å²) in [6, 6.07) is 12.6. The monoisotopic (exact) mass is 377 g/mol. The van der Waals surface area contributed by atoms with Crippen LogP contribution < -0.4 is 5.32 Å². The number of aryl methyl sites for hydroxylation is 1. The maximum absolute atomic E-state index is 12.8. The molecule has 2 rings (SSSR count). The van der Waals surface area contributed by atoms with E-state index in [1.807, 2.05) is 37.3 Å². The summed E-state index contributed by atoms with van der Waals surface area (Å²) in [4.78, 5) is 24.0. The van der Waals surface area contributed by atoms with Gasteiger partial charge in [-0.2, -0.15) is 8.42 Å². The van der Waals surface area contributed by atoms with E-state index in [1.165, 1.54) is 0 Å². The number of aliphatic carboxylic acids is 1. The average molecular weight is 377 g/mol. The lowest BCUT2D eigenvalue weighted by Gasteiger charge is -2.17. The molecule has 0 spiro atoms. The molecule has 0 aliphatic rings. The molecule has 0 aliphatic heterocycles. The fourth-order valence-electron chi connectivity index (χ4n) is 2.64. The summed E-state index contributed by atoms with van der Waals surface area (Å²) >= 11 is 0. The molecule has 0 radical (unpaired) electrons. The van der Waals surface area contributed by atoms with Crippen LogP contribution in [0.4, 0.5) is 0 Å². The normalized spacial score (nSPS) is 12.4. The van der Waals surface area contributed by atoms with Gasteiger partial charge in [-0.15, -0.1) is 0 Å². The second kappa shape index (κ2) is 8.11. The second-order valence-electron chi connectivity index (χ2n) is 5.67. The molecule has 7 nitrogen and oxygen atoms in total. The van der Waals surface area contributed by atoms with Gasteiger partial charge in [0.05, 0.1) is 5.56 Å². The fourth-order valence-corrected chi connectivity index (χ4v) is 3.28. The Labute approximate surface area is 151 Å². The van der Waals surface area contributed by atoms with E-state index in [-0.39, 0.29) is 5.56 Å². The summed E-state index contributed by atoms with van der Waals surface area (Å²) in [5.74, 6) is -3.37. The van der Waals surface area contributed by atoms with Crippen molar-refractivity contribution >= 4 is 22.0 Å². The molecule has 1 amide bonds. The molecule has 0 heterocycles. The van der Waals surface area contributed by atoms with Gasteiger partial charge in [0.15, 0.2) is 0 Å². The third-order valence-electron chi connectivity index (χ3n) is 3.82. The quantitative estimate of drug-likeness (QED) is 0.635. The standard InChI is InChI=1S/C18H19NO6S/c1-2-12-9-6-10-14(13-7-4-3-5-8-13)16(12)17(20)19-15(18(21)22)11-26(23,24)25/h3-10,15H,2,11H2,1H3,(H,19,20)(H,21,22)(H,23,24,25)/t15-/m0/s1. The Hall–Kier alpha value is -2.71. The number of carbonyl (C=O) groups excluding carboxylic acids is 1. The van der Waals surface area contributed by atoms with Crippen molar-refractivity contribution in [3.05, 3.63) is 59.7 Å². The highest BCUT2D eigenvalue weighted by molar-refractivity contribution is 7.85. The summed E-state index contributed by atoms with van der Waals surface area (Å²) in [6.45, 7) is 1.85. The number of amides is 1. The Bertz CT molecular complexity index is 909. The number of carboxylic acids is 1. The number of hydrogen-bond donors (Lipinski definition) is 3. The van der Waals surface area contributed by atoms with Crippen LogP contribution in [0.1, 0.15) is 22.8 Å². The molecule has 2 aromatic carbocycles. The third kappa shape index (κ3) is 4.90. The van der Waals surface area contributed by atoms with Crippen LogP contribution in [0.15, 0.2) is 48.5 Å². The van der Waals surface area contributed by atoms with E-state index in [2.05, 4.69) is 5.32 Å². The van der Waals surface area contributed by atoms with Crippen molar-refractivity contribution in [1.82, 2.24) is 5.32 Å². The third-order valence-corrected chi connectivity index (χ3v) is 4.58. The highest BCUT2D eigenvalue weighted by Crippen LogP contribution is 2.27. The second-order valence-corrected chi connectivity index (χ2v) is 7.17. The summed E-state index contributed by atoms with van der Waals surface area (Å²) < 4.78 is 30.9.